The number of aromatic nitrogens is 1. The van der Waals surface area contributed by atoms with Crippen molar-refractivity contribution in [1.29, 1.82) is 0 Å². The summed E-state index contributed by atoms with van der Waals surface area (Å²) in [4.78, 5) is 19.2. The number of nitrogens with zero attached hydrogens (tertiary/aromatic N) is 2. The zero-order valence-corrected chi connectivity index (χ0v) is 12.7. The Morgan fingerprint density at radius 3 is 2.86 bits per heavy atom. The molecule has 1 aromatic heterocycles. The molecular formula is C17H23N3O2. The van der Waals surface area contributed by atoms with Crippen molar-refractivity contribution in [3.05, 3.63) is 36.0 Å². The Kier molecular flexibility index (Phi) is 4.73. The highest BCUT2D eigenvalue weighted by Crippen LogP contribution is 2.23. The van der Waals surface area contributed by atoms with Crippen LogP contribution < -0.4 is 10.2 Å². The van der Waals surface area contributed by atoms with E-state index in [1.807, 2.05) is 24.3 Å². The van der Waals surface area contributed by atoms with Crippen molar-refractivity contribution < 1.29 is 9.90 Å². The number of hydrogen-bond acceptors (Lipinski definition) is 4. The lowest BCUT2D eigenvalue weighted by Gasteiger charge is -2.29. The zero-order chi connectivity index (χ0) is 15.4. The van der Waals surface area contributed by atoms with Gasteiger partial charge < -0.3 is 15.3 Å². The summed E-state index contributed by atoms with van der Waals surface area (Å²) in [7, 11) is 0. The number of amides is 1. The van der Waals surface area contributed by atoms with E-state index in [4.69, 9.17) is 5.11 Å². The van der Waals surface area contributed by atoms with Gasteiger partial charge in [-0.05, 0) is 37.8 Å². The zero-order valence-electron chi connectivity index (χ0n) is 12.7. The van der Waals surface area contributed by atoms with Crippen LogP contribution >= 0.6 is 0 Å². The van der Waals surface area contributed by atoms with E-state index in [0.717, 1.165) is 38.2 Å². The third-order valence-electron chi connectivity index (χ3n) is 4.41. The van der Waals surface area contributed by atoms with Gasteiger partial charge in [0.15, 0.2) is 0 Å². The van der Waals surface area contributed by atoms with E-state index in [-0.39, 0.29) is 24.5 Å². The quantitative estimate of drug-likeness (QED) is 0.831. The minimum Gasteiger partial charge on any atom is -0.396 e. The van der Waals surface area contributed by atoms with Crippen LogP contribution in [0.25, 0.3) is 0 Å². The van der Waals surface area contributed by atoms with Gasteiger partial charge in [-0.3, -0.25) is 4.79 Å². The minimum absolute atomic E-state index is 0.000869. The molecule has 1 amide bonds. The number of aliphatic hydroxyl groups is 1. The first kappa shape index (κ1) is 15.0. The van der Waals surface area contributed by atoms with Crippen LogP contribution in [-0.2, 0) is 0 Å². The average Bonchev–Trinajstić information content (AvgIpc) is 3.03. The number of aliphatic hydroxyl groups excluding tert-OH is 1. The van der Waals surface area contributed by atoms with Gasteiger partial charge >= 0.3 is 0 Å². The Labute approximate surface area is 131 Å². The molecule has 3 rings (SSSR count). The summed E-state index contributed by atoms with van der Waals surface area (Å²) in [6.07, 6.45) is 10.0. The van der Waals surface area contributed by atoms with Crippen molar-refractivity contribution in [2.75, 3.05) is 24.6 Å². The van der Waals surface area contributed by atoms with Crippen LogP contribution in [0.3, 0.4) is 0 Å². The molecule has 0 unspecified atom stereocenters. The summed E-state index contributed by atoms with van der Waals surface area (Å²) < 4.78 is 0. The smallest absolute Gasteiger partial charge is 0.255 e. The first-order chi connectivity index (χ1) is 10.8. The van der Waals surface area contributed by atoms with Gasteiger partial charge in [0.2, 0.25) is 0 Å². The monoisotopic (exact) mass is 301 g/mol. The molecule has 2 heterocycles. The second kappa shape index (κ2) is 6.92. The van der Waals surface area contributed by atoms with Crippen LogP contribution in [0.5, 0.6) is 0 Å². The second-order valence-electron chi connectivity index (χ2n) is 6.07. The van der Waals surface area contributed by atoms with Gasteiger partial charge in [-0.15, -0.1) is 0 Å². The molecular weight excluding hydrogens is 278 g/mol. The van der Waals surface area contributed by atoms with Crippen molar-refractivity contribution in [2.24, 2.45) is 5.92 Å². The lowest BCUT2D eigenvalue weighted by molar-refractivity contribution is 0.0941. The fraction of sp³-hybridized carbons (Fsp3) is 0.529. The van der Waals surface area contributed by atoms with Crippen molar-refractivity contribution in [3.63, 3.8) is 0 Å². The van der Waals surface area contributed by atoms with Gasteiger partial charge in [0.25, 0.3) is 5.91 Å². The van der Waals surface area contributed by atoms with Gasteiger partial charge in [-0.2, -0.15) is 0 Å². The van der Waals surface area contributed by atoms with E-state index < -0.39 is 0 Å². The number of rotatable bonds is 4. The van der Waals surface area contributed by atoms with Crippen LogP contribution in [0, 0.1) is 5.92 Å². The molecule has 1 fully saturated rings. The molecule has 1 aliphatic heterocycles. The molecule has 0 saturated carbocycles. The SMILES string of the molecule is O=C(N[C@@H]1C=C[C@H](CO)C1)c1cccnc1N1CCCCC1. The average molecular weight is 301 g/mol. The second-order valence-corrected chi connectivity index (χ2v) is 6.07. The predicted octanol–water partition coefficient (Wildman–Crippen LogP) is 1.74. The molecule has 0 spiro atoms. The molecule has 1 aromatic rings. The van der Waals surface area contributed by atoms with Gasteiger partial charge in [-0.1, -0.05) is 12.2 Å². The Morgan fingerprint density at radius 1 is 1.32 bits per heavy atom. The number of hydrogen-bond donors (Lipinski definition) is 2. The summed E-state index contributed by atoms with van der Waals surface area (Å²) >= 11 is 0. The number of piperidine rings is 1. The van der Waals surface area contributed by atoms with Crippen LogP contribution in [-0.4, -0.2) is 41.7 Å². The molecule has 5 heteroatoms. The van der Waals surface area contributed by atoms with Gasteiger partial charge in [0.05, 0.1) is 5.56 Å². The molecule has 2 aliphatic rings. The fourth-order valence-electron chi connectivity index (χ4n) is 3.20. The third kappa shape index (κ3) is 3.30. The molecule has 0 bridgehead atoms. The van der Waals surface area contributed by atoms with Crippen molar-refractivity contribution in [1.82, 2.24) is 10.3 Å². The highest BCUT2D eigenvalue weighted by molar-refractivity contribution is 5.99. The van der Waals surface area contributed by atoms with Gasteiger partial charge in [0, 0.05) is 37.9 Å². The topological polar surface area (TPSA) is 65.5 Å². The van der Waals surface area contributed by atoms with Crippen LogP contribution in [0.15, 0.2) is 30.5 Å². The summed E-state index contributed by atoms with van der Waals surface area (Å²) in [5, 5.41) is 12.2. The van der Waals surface area contributed by atoms with E-state index in [0.29, 0.717) is 5.56 Å². The molecule has 5 nitrogen and oxygen atoms in total. The molecule has 0 aromatic carbocycles. The molecule has 22 heavy (non-hydrogen) atoms. The standard InChI is InChI=1S/C17H23N3O2/c21-12-13-6-7-14(11-13)19-17(22)15-5-4-8-18-16(15)20-9-2-1-3-10-20/h4-8,13-14,21H,1-3,9-12H2,(H,19,22)/t13-,14+/m0/s1. The van der Waals surface area contributed by atoms with Crippen LogP contribution in [0.1, 0.15) is 36.0 Å². The predicted molar refractivity (Wildman–Crippen MR) is 85.9 cm³/mol. The molecule has 1 aliphatic carbocycles. The maximum Gasteiger partial charge on any atom is 0.255 e. The maximum atomic E-state index is 12.6. The Balaban J connectivity index is 1.71. The molecule has 1 saturated heterocycles. The molecule has 2 atom stereocenters. The first-order valence-electron chi connectivity index (χ1n) is 8.08. The Bertz CT molecular complexity index is 553. The lowest BCUT2D eigenvalue weighted by atomic mass is 10.1. The van der Waals surface area contributed by atoms with E-state index in [1.165, 1.54) is 6.42 Å². The van der Waals surface area contributed by atoms with E-state index in [9.17, 15) is 4.79 Å². The maximum absolute atomic E-state index is 12.6. The van der Waals surface area contributed by atoms with E-state index in [1.54, 1.807) is 6.20 Å². The number of anilines is 1. The van der Waals surface area contributed by atoms with Gasteiger partial charge in [-0.25, -0.2) is 4.98 Å². The third-order valence-corrected chi connectivity index (χ3v) is 4.41. The normalized spacial score (nSPS) is 24.5. The highest BCUT2D eigenvalue weighted by Gasteiger charge is 2.23. The number of pyridine rings is 1. The molecule has 2 N–H and O–H groups in total. The van der Waals surface area contributed by atoms with Crippen molar-refractivity contribution in [3.8, 4) is 0 Å². The van der Waals surface area contributed by atoms with Crippen molar-refractivity contribution >= 4 is 11.7 Å². The number of carbonyl (C=O) groups is 1. The number of nitrogens with one attached hydrogen (secondary N) is 1. The van der Waals surface area contributed by atoms with Crippen LogP contribution in [0.2, 0.25) is 0 Å². The molecule has 0 radical (unpaired) electrons. The summed E-state index contributed by atoms with van der Waals surface area (Å²) in [6, 6.07) is 3.65. The lowest BCUT2D eigenvalue weighted by Crippen LogP contribution is -2.36. The van der Waals surface area contributed by atoms with E-state index >= 15 is 0 Å². The van der Waals surface area contributed by atoms with Crippen molar-refractivity contribution in [2.45, 2.75) is 31.7 Å². The van der Waals surface area contributed by atoms with Gasteiger partial charge in [0.1, 0.15) is 5.82 Å². The largest absolute Gasteiger partial charge is 0.396 e. The minimum atomic E-state index is -0.0816. The Hall–Kier alpha value is -1.88. The Morgan fingerprint density at radius 2 is 2.14 bits per heavy atom. The van der Waals surface area contributed by atoms with E-state index in [2.05, 4.69) is 15.2 Å². The summed E-state index contributed by atoms with van der Waals surface area (Å²) in [5.41, 5.74) is 0.644. The molecule has 118 valence electrons. The first-order valence-corrected chi connectivity index (χ1v) is 8.08. The van der Waals surface area contributed by atoms with Crippen LogP contribution in [0.4, 0.5) is 5.82 Å². The summed E-state index contributed by atoms with van der Waals surface area (Å²) in [6.45, 7) is 2.06. The fourth-order valence-corrected chi connectivity index (χ4v) is 3.20. The number of carbonyl (C=O) groups excluding carboxylic acids is 1. The summed E-state index contributed by atoms with van der Waals surface area (Å²) in [5.74, 6) is 0.864. The highest BCUT2D eigenvalue weighted by atomic mass is 16.3.